The van der Waals surface area contributed by atoms with Crippen LogP contribution < -0.4 is 10.2 Å². The molecule has 1 aliphatic rings. The summed E-state index contributed by atoms with van der Waals surface area (Å²) in [6, 6.07) is 19.1. The summed E-state index contributed by atoms with van der Waals surface area (Å²) in [5, 5.41) is 12.0. The molecule has 0 bridgehead atoms. The quantitative estimate of drug-likeness (QED) is 0.573. The third kappa shape index (κ3) is 3.12. The summed E-state index contributed by atoms with van der Waals surface area (Å²) in [4.78, 5) is 11.6. The summed E-state index contributed by atoms with van der Waals surface area (Å²) >= 11 is 0. The second-order valence-electron chi connectivity index (χ2n) is 7.22. The van der Waals surface area contributed by atoms with Gasteiger partial charge in [-0.25, -0.2) is 9.97 Å². The maximum atomic E-state index is 4.93. The molecule has 6 nitrogen and oxygen atoms in total. The van der Waals surface area contributed by atoms with Gasteiger partial charge in [-0.3, -0.25) is 5.10 Å². The minimum atomic E-state index is 0. The Labute approximate surface area is 165 Å². The van der Waals surface area contributed by atoms with E-state index in [0.717, 1.165) is 42.2 Å². The molecule has 2 N–H and O–H groups in total. The van der Waals surface area contributed by atoms with E-state index in [0.29, 0.717) is 11.7 Å². The second kappa shape index (κ2) is 7.05. The van der Waals surface area contributed by atoms with Crippen LogP contribution in [0.5, 0.6) is 0 Å². The van der Waals surface area contributed by atoms with Gasteiger partial charge in [-0.2, -0.15) is 5.10 Å². The molecule has 3 aromatic heterocycles. The zero-order chi connectivity index (χ0) is 18.9. The molecule has 142 valence electrons. The summed E-state index contributed by atoms with van der Waals surface area (Å²) in [5.74, 6) is 0.989. The van der Waals surface area contributed by atoms with Gasteiger partial charge in [0.05, 0.1) is 11.4 Å². The Balaban J connectivity index is 0.00000205. The van der Waals surface area contributed by atoms with Crippen molar-refractivity contribution in [2.75, 3.05) is 24.5 Å². The fourth-order valence-corrected chi connectivity index (χ4v) is 3.85. The topological polar surface area (TPSA) is 69.7 Å². The first-order chi connectivity index (χ1) is 13.8. The van der Waals surface area contributed by atoms with E-state index in [9.17, 15) is 0 Å². The number of piperazine rings is 1. The number of nitrogens with one attached hydrogen (secondary N) is 2. The molecule has 4 aromatic rings. The SMILES string of the molecule is Cc1cccc(C2CN(c3cccc(-c4[nH]nc5ncccc45)n3)CCN2)c1.[HH]. The van der Waals surface area contributed by atoms with Crippen LogP contribution in [-0.2, 0) is 0 Å². The van der Waals surface area contributed by atoms with Gasteiger partial charge in [0.15, 0.2) is 5.65 Å². The highest BCUT2D eigenvalue weighted by Crippen LogP contribution is 2.27. The first kappa shape index (κ1) is 16.9. The predicted molar refractivity (Wildman–Crippen MR) is 113 cm³/mol. The molecule has 28 heavy (non-hydrogen) atoms. The monoisotopic (exact) mass is 372 g/mol. The highest BCUT2D eigenvalue weighted by molar-refractivity contribution is 5.89. The minimum absolute atomic E-state index is 0. The van der Waals surface area contributed by atoms with Gasteiger partial charge >= 0.3 is 0 Å². The van der Waals surface area contributed by atoms with Crippen LogP contribution in [0.15, 0.2) is 60.8 Å². The Morgan fingerprint density at radius 2 is 2.04 bits per heavy atom. The third-order valence-electron chi connectivity index (χ3n) is 5.26. The average molecular weight is 372 g/mol. The summed E-state index contributed by atoms with van der Waals surface area (Å²) < 4.78 is 0. The number of rotatable bonds is 3. The highest BCUT2D eigenvalue weighted by Gasteiger charge is 2.22. The molecule has 1 aliphatic heterocycles. The predicted octanol–water partition coefficient (Wildman–Crippen LogP) is 3.73. The number of nitrogens with zero attached hydrogens (tertiary/aromatic N) is 4. The molecule has 1 atom stereocenters. The van der Waals surface area contributed by atoms with Gasteiger partial charge in [-0.1, -0.05) is 35.9 Å². The number of hydrogen-bond acceptors (Lipinski definition) is 5. The summed E-state index contributed by atoms with van der Waals surface area (Å²) in [7, 11) is 0. The number of fused-ring (bicyclic) bond motifs is 1. The molecule has 1 aromatic carbocycles. The van der Waals surface area contributed by atoms with E-state index in [4.69, 9.17) is 4.98 Å². The van der Waals surface area contributed by atoms with Crippen molar-refractivity contribution in [1.82, 2.24) is 25.5 Å². The van der Waals surface area contributed by atoms with Crippen LogP contribution in [0.4, 0.5) is 5.82 Å². The first-order valence-electron chi connectivity index (χ1n) is 9.59. The van der Waals surface area contributed by atoms with Gasteiger partial charge in [-0.05, 0) is 36.8 Å². The van der Waals surface area contributed by atoms with E-state index in [1.54, 1.807) is 6.20 Å². The van der Waals surface area contributed by atoms with E-state index in [-0.39, 0.29) is 1.43 Å². The Kier molecular flexibility index (Phi) is 4.25. The normalized spacial score (nSPS) is 17.2. The summed E-state index contributed by atoms with van der Waals surface area (Å²) in [6.45, 7) is 4.90. The lowest BCUT2D eigenvalue weighted by molar-refractivity contribution is 0.469. The standard InChI is InChI=1S/C22H22N6.H2/c1-15-5-2-6-16(13-15)19-14-28(12-11-23-19)20-9-3-8-18(25-20)21-17-7-4-10-24-22(17)27-26-21;/h2-10,13,19,23H,11-12,14H2,1H3,(H,24,26,27);1H. The summed E-state index contributed by atoms with van der Waals surface area (Å²) in [6.07, 6.45) is 1.75. The zero-order valence-corrected chi connectivity index (χ0v) is 15.8. The average Bonchev–Trinajstić information content (AvgIpc) is 3.18. The molecule has 0 amide bonds. The van der Waals surface area contributed by atoms with Crippen LogP contribution in [0.1, 0.15) is 18.6 Å². The van der Waals surface area contributed by atoms with Crippen LogP contribution >= 0.6 is 0 Å². The fourth-order valence-electron chi connectivity index (χ4n) is 3.85. The van der Waals surface area contributed by atoms with Crippen molar-refractivity contribution < 1.29 is 1.43 Å². The first-order valence-corrected chi connectivity index (χ1v) is 9.59. The van der Waals surface area contributed by atoms with Crippen LogP contribution in [0.25, 0.3) is 22.4 Å². The second-order valence-corrected chi connectivity index (χ2v) is 7.22. The number of anilines is 1. The molecular formula is C22H24N6. The number of aromatic amines is 1. The van der Waals surface area contributed by atoms with Crippen LogP contribution in [-0.4, -0.2) is 39.8 Å². The van der Waals surface area contributed by atoms with E-state index in [2.05, 4.69) is 68.7 Å². The van der Waals surface area contributed by atoms with Crippen molar-refractivity contribution in [1.29, 1.82) is 0 Å². The third-order valence-corrected chi connectivity index (χ3v) is 5.26. The lowest BCUT2D eigenvalue weighted by Gasteiger charge is -2.35. The molecular weight excluding hydrogens is 348 g/mol. The lowest BCUT2D eigenvalue weighted by atomic mass is 10.0. The molecule has 1 fully saturated rings. The minimum Gasteiger partial charge on any atom is -0.353 e. The Morgan fingerprint density at radius 1 is 1.11 bits per heavy atom. The summed E-state index contributed by atoms with van der Waals surface area (Å²) in [5.41, 5.74) is 5.13. The van der Waals surface area contributed by atoms with E-state index in [1.165, 1.54) is 11.1 Å². The van der Waals surface area contributed by atoms with E-state index in [1.807, 2.05) is 18.2 Å². The largest absolute Gasteiger partial charge is 0.353 e. The maximum absolute atomic E-state index is 4.93. The van der Waals surface area contributed by atoms with E-state index >= 15 is 0 Å². The van der Waals surface area contributed by atoms with Crippen LogP contribution in [0.3, 0.4) is 0 Å². The van der Waals surface area contributed by atoms with Gasteiger partial charge < -0.3 is 10.2 Å². The molecule has 0 saturated carbocycles. The van der Waals surface area contributed by atoms with Crippen molar-refractivity contribution in [3.8, 4) is 11.4 Å². The zero-order valence-electron chi connectivity index (χ0n) is 15.8. The molecule has 1 unspecified atom stereocenters. The van der Waals surface area contributed by atoms with Gasteiger partial charge in [0.1, 0.15) is 5.82 Å². The van der Waals surface area contributed by atoms with Gasteiger partial charge in [0.2, 0.25) is 0 Å². The van der Waals surface area contributed by atoms with Crippen molar-refractivity contribution in [2.45, 2.75) is 13.0 Å². The van der Waals surface area contributed by atoms with Gasteiger partial charge in [0.25, 0.3) is 0 Å². The lowest BCUT2D eigenvalue weighted by Crippen LogP contribution is -2.46. The molecule has 0 aliphatic carbocycles. The molecule has 6 heteroatoms. The van der Waals surface area contributed by atoms with Crippen LogP contribution in [0, 0.1) is 6.92 Å². The highest BCUT2D eigenvalue weighted by atomic mass is 15.2. The number of pyridine rings is 2. The Morgan fingerprint density at radius 3 is 2.96 bits per heavy atom. The Bertz CT molecular complexity index is 1120. The van der Waals surface area contributed by atoms with Crippen LogP contribution in [0.2, 0.25) is 0 Å². The van der Waals surface area contributed by atoms with Crippen molar-refractivity contribution in [3.63, 3.8) is 0 Å². The fraction of sp³-hybridized carbons (Fsp3) is 0.227. The van der Waals surface area contributed by atoms with E-state index < -0.39 is 0 Å². The van der Waals surface area contributed by atoms with Crippen molar-refractivity contribution in [2.24, 2.45) is 0 Å². The van der Waals surface area contributed by atoms with Crippen molar-refractivity contribution in [3.05, 3.63) is 71.9 Å². The van der Waals surface area contributed by atoms with Gasteiger partial charge in [-0.15, -0.1) is 0 Å². The molecule has 0 spiro atoms. The number of aryl methyl sites for hydroxylation is 1. The Hall–Kier alpha value is -3.25. The smallest absolute Gasteiger partial charge is 0.181 e. The number of benzene rings is 1. The maximum Gasteiger partial charge on any atom is 0.181 e. The molecule has 4 heterocycles. The molecule has 5 rings (SSSR count). The molecule has 0 radical (unpaired) electrons. The van der Waals surface area contributed by atoms with Crippen molar-refractivity contribution >= 4 is 16.9 Å². The number of H-pyrrole nitrogens is 1. The molecule has 1 saturated heterocycles. The number of hydrogen-bond donors (Lipinski definition) is 2. The number of aromatic nitrogens is 4. The van der Waals surface area contributed by atoms with Gasteiger partial charge in [0, 0.05) is 38.7 Å².